The summed E-state index contributed by atoms with van der Waals surface area (Å²) in [5.41, 5.74) is -6.16. The molecule has 2 aliphatic carbocycles. The van der Waals surface area contributed by atoms with Crippen molar-refractivity contribution in [1.29, 1.82) is 0 Å². The molecule has 264 valence electrons. The third-order valence-electron chi connectivity index (χ3n) is 10.1. The average Bonchev–Trinajstić information content (AvgIpc) is 3.33. The number of hydrogen-bond acceptors (Lipinski definition) is 12. The highest BCUT2D eigenvalue weighted by molar-refractivity contribution is 5.88. The molecule has 0 aromatic heterocycles. The number of unbranched alkanes of at least 4 members (excludes halogenated alkanes) is 4. The second-order valence-electron chi connectivity index (χ2n) is 13.6. The summed E-state index contributed by atoms with van der Waals surface area (Å²) in [6, 6.07) is 0. The van der Waals surface area contributed by atoms with Crippen LogP contribution in [0.5, 0.6) is 0 Å². The summed E-state index contributed by atoms with van der Waals surface area (Å²) < 4.78 is 29.5. The number of fused-ring (bicyclic) bond motifs is 3. The summed E-state index contributed by atoms with van der Waals surface area (Å²) in [7, 11) is 0. The number of hydrogen-bond donors (Lipinski definition) is 2. The molecule has 12 heteroatoms. The molecule has 1 saturated carbocycles. The minimum atomic E-state index is -2.58. The first-order chi connectivity index (χ1) is 21.9. The number of aliphatic hydroxyl groups is 2. The van der Waals surface area contributed by atoms with E-state index in [0.717, 1.165) is 32.6 Å². The molecule has 12 nitrogen and oxygen atoms in total. The third-order valence-corrected chi connectivity index (χ3v) is 10.1. The van der Waals surface area contributed by atoms with Gasteiger partial charge in [-0.1, -0.05) is 52.5 Å². The molecule has 0 radical (unpaired) electrons. The Morgan fingerprint density at radius 3 is 2.23 bits per heavy atom. The normalized spacial score (nSPS) is 34.1. The fourth-order valence-corrected chi connectivity index (χ4v) is 6.90. The zero-order chi connectivity index (χ0) is 35.5. The van der Waals surface area contributed by atoms with Crippen molar-refractivity contribution in [2.45, 2.75) is 155 Å². The van der Waals surface area contributed by atoms with E-state index in [1.807, 2.05) is 0 Å². The maximum Gasteiger partial charge on any atom is 0.341 e. The van der Waals surface area contributed by atoms with Crippen LogP contribution in [0.2, 0.25) is 0 Å². The lowest BCUT2D eigenvalue weighted by molar-refractivity contribution is -0.214. The Bertz CT molecular complexity index is 1300. The van der Waals surface area contributed by atoms with Crippen molar-refractivity contribution < 1.29 is 57.9 Å². The second-order valence-corrected chi connectivity index (χ2v) is 13.6. The first kappa shape index (κ1) is 38.2. The molecule has 0 bridgehead atoms. The van der Waals surface area contributed by atoms with Crippen molar-refractivity contribution in [3.63, 3.8) is 0 Å². The van der Waals surface area contributed by atoms with E-state index < -0.39 is 89.3 Å². The average molecular weight is 665 g/mol. The standard InChI is InChI=1S/C35H52O12/c1-10-13-14-15-16-17-24(37)44-28-26-25(21(6)27(28)45-31(39)20(5)12-3)29-35(42,34(9,41)32(40)46-29)23(43-30(38)19(4)11-2)18-33(26,8)47-22(7)36/h12,19,23,26-29,41-42H,10-11,13-18H2,1-9H3/b20-12-/t19-,23+,26+,27-,28-,29-,33-,34+,35-/m1/s1. The van der Waals surface area contributed by atoms with Crippen LogP contribution in [0, 0.1) is 11.8 Å². The molecule has 2 fully saturated rings. The predicted octanol–water partition coefficient (Wildman–Crippen LogP) is 4.17. The summed E-state index contributed by atoms with van der Waals surface area (Å²) in [4.78, 5) is 65.6. The van der Waals surface area contributed by atoms with Crippen LogP contribution >= 0.6 is 0 Å². The molecule has 3 aliphatic rings. The highest BCUT2D eigenvalue weighted by Gasteiger charge is 2.76. The minimum absolute atomic E-state index is 0.0758. The molecule has 47 heavy (non-hydrogen) atoms. The number of esters is 5. The Balaban J connectivity index is 2.24. The molecule has 0 aromatic carbocycles. The van der Waals surface area contributed by atoms with Crippen LogP contribution in [-0.2, 0) is 47.7 Å². The third kappa shape index (κ3) is 7.28. The molecule has 0 amide bonds. The summed E-state index contributed by atoms with van der Waals surface area (Å²) in [6.07, 6.45) is 0.230. The number of carbonyl (C=O) groups excluding carboxylic acids is 5. The predicted molar refractivity (Wildman–Crippen MR) is 168 cm³/mol. The first-order valence-electron chi connectivity index (χ1n) is 16.7. The van der Waals surface area contributed by atoms with Crippen molar-refractivity contribution in [3.05, 3.63) is 22.8 Å². The number of allylic oxidation sites excluding steroid dienone is 1. The Hall–Kier alpha value is -3.25. The zero-order valence-electron chi connectivity index (χ0n) is 29.2. The largest absolute Gasteiger partial charge is 0.459 e. The van der Waals surface area contributed by atoms with Gasteiger partial charge >= 0.3 is 29.8 Å². The Kier molecular flexibility index (Phi) is 12.1. The van der Waals surface area contributed by atoms with Gasteiger partial charge in [0.2, 0.25) is 0 Å². The molecular weight excluding hydrogens is 612 g/mol. The van der Waals surface area contributed by atoms with Gasteiger partial charge in [0.1, 0.15) is 11.7 Å². The molecule has 1 saturated heterocycles. The lowest BCUT2D eigenvalue weighted by Gasteiger charge is -2.42. The quantitative estimate of drug-likeness (QED) is 0.0948. The van der Waals surface area contributed by atoms with Gasteiger partial charge in [-0.2, -0.15) is 0 Å². The molecule has 2 N–H and O–H groups in total. The smallest absolute Gasteiger partial charge is 0.341 e. The topological polar surface area (TPSA) is 172 Å². The molecule has 1 heterocycles. The molecule has 0 unspecified atom stereocenters. The summed E-state index contributed by atoms with van der Waals surface area (Å²) in [5.74, 6) is -5.64. The van der Waals surface area contributed by atoms with Crippen molar-refractivity contribution in [1.82, 2.24) is 0 Å². The number of ether oxygens (including phenoxy) is 5. The van der Waals surface area contributed by atoms with Crippen LogP contribution in [0.4, 0.5) is 0 Å². The van der Waals surface area contributed by atoms with Gasteiger partial charge in [-0.15, -0.1) is 0 Å². The van der Waals surface area contributed by atoms with Crippen LogP contribution in [-0.4, -0.2) is 81.3 Å². The maximum atomic E-state index is 13.4. The van der Waals surface area contributed by atoms with Gasteiger partial charge in [0.25, 0.3) is 0 Å². The Morgan fingerprint density at radius 1 is 1.02 bits per heavy atom. The fourth-order valence-electron chi connectivity index (χ4n) is 6.90. The molecule has 9 atom stereocenters. The summed E-state index contributed by atoms with van der Waals surface area (Å²) in [6.45, 7) is 14.1. The van der Waals surface area contributed by atoms with Crippen molar-refractivity contribution in [2.24, 2.45) is 11.8 Å². The maximum absolute atomic E-state index is 13.4. The van der Waals surface area contributed by atoms with E-state index in [4.69, 9.17) is 23.7 Å². The SMILES string of the molecule is C/C=C(/C)C(=O)O[C@@H]1C(C)=C2[C@H]3OC(=O)[C@](C)(O)[C@@]3(O)[C@@H](OC(=O)[C@H](C)CC)C[C@@](C)(OC(C)=O)[C@@H]2[C@H]1OC(=O)CCCCCCC. The highest BCUT2D eigenvalue weighted by Crippen LogP contribution is 2.57. The lowest BCUT2D eigenvalue weighted by Crippen LogP contribution is -2.64. The van der Waals surface area contributed by atoms with E-state index >= 15 is 0 Å². The Labute approximate surface area is 277 Å². The van der Waals surface area contributed by atoms with E-state index in [0.29, 0.717) is 12.8 Å². The van der Waals surface area contributed by atoms with Crippen LogP contribution in [0.15, 0.2) is 22.8 Å². The Morgan fingerprint density at radius 2 is 1.66 bits per heavy atom. The number of rotatable bonds is 13. The van der Waals surface area contributed by atoms with Gasteiger partial charge < -0.3 is 33.9 Å². The minimum Gasteiger partial charge on any atom is -0.459 e. The second kappa shape index (κ2) is 14.9. The molecule has 0 aromatic rings. The van der Waals surface area contributed by atoms with E-state index in [1.54, 1.807) is 40.7 Å². The van der Waals surface area contributed by atoms with E-state index in [2.05, 4.69) is 6.92 Å². The van der Waals surface area contributed by atoms with E-state index in [-0.39, 0.29) is 23.1 Å². The molecule has 0 spiro atoms. The van der Waals surface area contributed by atoms with Crippen LogP contribution in [0.3, 0.4) is 0 Å². The van der Waals surface area contributed by atoms with Gasteiger partial charge in [0, 0.05) is 25.3 Å². The van der Waals surface area contributed by atoms with E-state index in [1.165, 1.54) is 13.8 Å². The zero-order valence-corrected chi connectivity index (χ0v) is 29.2. The van der Waals surface area contributed by atoms with Crippen molar-refractivity contribution in [2.75, 3.05) is 0 Å². The summed E-state index contributed by atoms with van der Waals surface area (Å²) >= 11 is 0. The van der Waals surface area contributed by atoms with Crippen molar-refractivity contribution in [3.8, 4) is 0 Å². The van der Waals surface area contributed by atoms with Crippen LogP contribution in [0.1, 0.15) is 114 Å². The molecule has 3 rings (SSSR count). The highest BCUT2D eigenvalue weighted by atomic mass is 16.6. The first-order valence-corrected chi connectivity index (χ1v) is 16.7. The monoisotopic (exact) mass is 664 g/mol. The fraction of sp³-hybridized carbons (Fsp3) is 0.743. The van der Waals surface area contributed by atoms with Gasteiger partial charge in [-0.05, 0) is 58.6 Å². The summed E-state index contributed by atoms with van der Waals surface area (Å²) in [5, 5.41) is 24.0. The molecule has 1 aliphatic heterocycles. The van der Waals surface area contributed by atoms with Crippen molar-refractivity contribution >= 4 is 29.8 Å². The van der Waals surface area contributed by atoms with Gasteiger partial charge in [-0.3, -0.25) is 14.4 Å². The van der Waals surface area contributed by atoms with Crippen LogP contribution < -0.4 is 0 Å². The van der Waals surface area contributed by atoms with Crippen LogP contribution in [0.25, 0.3) is 0 Å². The van der Waals surface area contributed by atoms with Gasteiger partial charge in [0.05, 0.1) is 11.8 Å². The van der Waals surface area contributed by atoms with E-state index in [9.17, 15) is 34.2 Å². The number of carbonyl (C=O) groups is 5. The molecular formula is C35H52O12. The van der Waals surface area contributed by atoms with Gasteiger partial charge in [-0.25, -0.2) is 9.59 Å². The lowest BCUT2D eigenvalue weighted by atomic mass is 9.75. The van der Waals surface area contributed by atoms with Gasteiger partial charge in [0.15, 0.2) is 29.5 Å².